The summed E-state index contributed by atoms with van der Waals surface area (Å²) in [7, 11) is -0.0738. The monoisotopic (exact) mass is 279 g/mol. The fraction of sp³-hybridized carbons (Fsp3) is 0.800. The van der Waals surface area contributed by atoms with E-state index in [1.165, 1.54) is 19.0 Å². The molecule has 0 aliphatic carbocycles. The molecule has 0 aromatic carbocycles. The van der Waals surface area contributed by atoms with Crippen molar-refractivity contribution in [2.75, 3.05) is 32.6 Å². The van der Waals surface area contributed by atoms with Gasteiger partial charge in [-0.2, -0.15) is 0 Å². The lowest BCUT2D eigenvalue weighted by Gasteiger charge is -2.20. The Balaban J connectivity index is 4.16. The molecule has 0 heterocycles. The van der Waals surface area contributed by atoms with Crippen molar-refractivity contribution in [3.05, 3.63) is 0 Å². The van der Waals surface area contributed by atoms with E-state index < -0.39 is 15.9 Å². The van der Waals surface area contributed by atoms with E-state index in [-0.39, 0.29) is 37.0 Å². The van der Waals surface area contributed by atoms with Crippen molar-refractivity contribution in [3.8, 4) is 0 Å². The highest BCUT2D eigenvalue weighted by atomic mass is 32.2. The molecule has 18 heavy (non-hydrogen) atoms. The quantitative estimate of drug-likeness (QED) is 0.580. The van der Waals surface area contributed by atoms with E-state index in [1.54, 1.807) is 0 Å². The van der Waals surface area contributed by atoms with Gasteiger partial charge in [-0.25, -0.2) is 8.42 Å². The van der Waals surface area contributed by atoms with Gasteiger partial charge in [-0.1, -0.05) is 0 Å². The lowest BCUT2D eigenvalue weighted by molar-refractivity contribution is -0.131. The summed E-state index contributed by atoms with van der Waals surface area (Å²) in [5, 5.41) is 2.45. The number of likely N-dealkylation sites (N-methyl/N-ethyl adjacent to an activating group) is 1. The average molecular weight is 279 g/mol. The zero-order chi connectivity index (χ0) is 14.3. The molecule has 8 heteroatoms. The molecule has 0 aromatic rings. The van der Waals surface area contributed by atoms with Crippen molar-refractivity contribution in [2.45, 2.75) is 18.9 Å². The van der Waals surface area contributed by atoms with E-state index in [4.69, 9.17) is 5.73 Å². The van der Waals surface area contributed by atoms with Gasteiger partial charge < -0.3 is 16.0 Å². The third-order valence-electron chi connectivity index (χ3n) is 2.45. The second kappa shape index (κ2) is 7.32. The van der Waals surface area contributed by atoms with Gasteiger partial charge in [0.2, 0.25) is 11.8 Å². The summed E-state index contributed by atoms with van der Waals surface area (Å²) in [6, 6.07) is -0.852. The molecule has 0 saturated carbocycles. The number of nitrogens with one attached hydrogen (secondary N) is 1. The highest BCUT2D eigenvalue weighted by Gasteiger charge is 2.19. The first kappa shape index (κ1) is 16.9. The molecule has 1 atom stereocenters. The average Bonchev–Trinajstić information content (AvgIpc) is 2.30. The van der Waals surface area contributed by atoms with Gasteiger partial charge in [0.1, 0.15) is 9.84 Å². The number of rotatable bonds is 7. The van der Waals surface area contributed by atoms with E-state index in [1.807, 2.05) is 0 Å². The van der Waals surface area contributed by atoms with Crippen molar-refractivity contribution in [2.24, 2.45) is 5.73 Å². The van der Waals surface area contributed by atoms with Crippen LogP contribution in [0.4, 0.5) is 0 Å². The van der Waals surface area contributed by atoms with E-state index in [9.17, 15) is 18.0 Å². The second-order valence-corrected chi connectivity index (χ2v) is 6.47. The van der Waals surface area contributed by atoms with Crippen molar-refractivity contribution >= 4 is 21.7 Å². The minimum absolute atomic E-state index is 0.0853. The number of nitrogens with two attached hydrogens (primary N) is 1. The summed E-state index contributed by atoms with van der Waals surface area (Å²) < 4.78 is 21.9. The minimum atomic E-state index is -3.12. The SMILES string of the molecule is CNC(=O)CCN(C)C(=O)C(N)CCS(C)(=O)=O. The van der Waals surface area contributed by atoms with Crippen LogP contribution >= 0.6 is 0 Å². The Labute approximate surface area is 108 Å². The highest BCUT2D eigenvalue weighted by Crippen LogP contribution is 1.99. The number of hydrogen-bond acceptors (Lipinski definition) is 5. The molecule has 0 aromatic heterocycles. The summed E-state index contributed by atoms with van der Waals surface area (Å²) in [6.45, 7) is 0.255. The predicted octanol–water partition coefficient (Wildman–Crippen LogP) is -1.66. The van der Waals surface area contributed by atoms with Gasteiger partial charge in [0.05, 0.1) is 11.8 Å². The van der Waals surface area contributed by atoms with Gasteiger partial charge in [-0.05, 0) is 6.42 Å². The molecule has 0 aliphatic heterocycles. The van der Waals surface area contributed by atoms with Crippen LogP contribution in [0.25, 0.3) is 0 Å². The smallest absolute Gasteiger partial charge is 0.239 e. The molecule has 106 valence electrons. The van der Waals surface area contributed by atoms with Gasteiger partial charge >= 0.3 is 0 Å². The molecular formula is C10H21N3O4S. The van der Waals surface area contributed by atoms with Crippen LogP contribution in [0.5, 0.6) is 0 Å². The lowest BCUT2D eigenvalue weighted by Crippen LogP contribution is -2.43. The largest absolute Gasteiger partial charge is 0.359 e. The molecule has 1 unspecified atom stereocenters. The number of carbonyl (C=O) groups is 2. The number of amides is 2. The third-order valence-corrected chi connectivity index (χ3v) is 3.42. The van der Waals surface area contributed by atoms with Crippen LogP contribution < -0.4 is 11.1 Å². The van der Waals surface area contributed by atoms with Gasteiger partial charge in [0.25, 0.3) is 0 Å². The Bertz CT molecular complexity index is 394. The van der Waals surface area contributed by atoms with Crippen LogP contribution in [0.2, 0.25) is 0 Å². The first-order valence-electron chi connectivity index (χ1n) is 5.56. The van der Waals surface area contributed by atoms with Crippen molar-refractivity contribution in [1.29, 1.82) is 0 Å². The summed E-state index contributed by atoms with van der Waals surface area (Å²) in [5.41, 5.74) is 5.61. The number of hydrogen-bond donors (Lipinski definition) is 2. The molecule has 2 amide bonds. The third kappa shape index (κ3) is 7.23. The Hall–Kier alpha value is -1.15. The molecular weight excluding hydrogens is 258 g/mol. The van der Waals surface area contributed by atoms with Crippen LogP contribution in [0.3, 0.4) is 0 Å². The van der Waals surface area contributed by atoms with Gasteiger partial charge in [0.15, 0.2) is 0 Å². The summed E-state index contributed by atoms with van der Waals surface area (Å²) in [6.07, 6.45) is 1.37. The van der Waals surface area contributed by atoms with Gasteiger partial charge in [-0.15, -0.1) is 0 Å². The zero-order valence-electron chi connectivity index (χ0n) is 11.0. The van der Waals surface area contributed by atoms with E-state index in [0.29, 0.717) is 0 Å². The summed E-state index contributed by atoms with van der Waals surface area (Å²) >= 11 is 0. The van der Waals surface area contributed by atoms with Crippen LogP contribution in [0.1, 0.15) is 12.8 Å². The Morgan fingerprint density at radius 3 is 2.39 bits per heavy atom. The van der Waals surface area contributed by atoms with Crippen LogP contribution in [0, 0.1) is 0 Å². The Morgan fingerprint density at radius 1 is 1.39 bits per heavy atom. The highest BCUT2D eigenvalue weighted by molar-refractivity contribution is 7.90. The number of nitrogens with zero attached hydrogens (tertiary/aromatic N) is 1. The standard InChI is InChI=1S/C10H21N3O4S/c1-12-9(14)4-6-13(2)10(15)8(11)5-7-18(3,16)17/h8H,4-7,11H2,1-3H3,(H,12,14). The lowest BCUT2D eigenvalue weighted by atomic mass is 10.2. The normalized spacial score (nSPS) is 12.9. The van der Waals surface area contributed by atoms with Crippen LogP contribution in [-0.2, 0) is 19.4 Å². The minimum Gasteiger partial charge on any atom is -0.359 e. The molecule has 0 bridgehead atoms. The maximum Gasteiger partial charge on any atom is 0.239 e. The number of carbonyl (C=O) groups excluding carboxylic acids is 2. The fourth-order valence-electron chi connectivity index (χ4n) is 1.25. The molecule has 0 radical (unpaired) electrons. The van der Waals surface area contributed by atoms with E-state index in [2.05, 4.69) is 5.32 Å². The zero-order valence-corrected chi connectivity index (χ0v) is 11.8. The molecule has 7 nitrogen and oxygen atoms in total. The molecule has 0 spiro atoms. The molecule has 3 N–H and O–H groups in total. The summed E-state index contributed by atoms with van der Waals surface area (Å²) in [5.74, 6) is -0.648. The second-order valence-electron chi connectivity index (χ2n) is 4.21. The van der Waals surface area contributed by atoms with E-state index >= 15 is 0 Å². The molecule has 0 aliphatic rings. The Morgan fingerprint density at radius 2 is 1.94 bits per heavy atom. The van der Waals surface area contributed by atoms with Crippen molar-refractivity contribution < 1.29 is 18.0 Å². The van der Waals surface area contributed by atoms with Crippen molar-refractivity contribution in [3.63, 3.8) is 0 Å². The van der Waals surface area contributed by atoms with Crippen LogP contribution in [-0.4, -0.2) is 63.8 Å². The predicted molar refractivity (Wildman–Crippen MR) is 68.6 cm³/mol. The van der Waals surface area contributed by atoms with Gasteiger partial charge in [0, 0.05) is 33.3 Å². The van der Waals surface area contributed by atoms with E-state index in [0.717, 1.165) is 6.26 Å². The molecule has 0 fully saturated rings. The van der Waals surface area contributed by atoms with Crippen LogP contribution in [0.15, 0.2) is 0 Å². The topological polar surface area (TPSA) is 110 Å². The number of sulfone groups is 1. The maximum absolute atomic E-state index is 11.7. The Kier molecular flexibility index (Phi) is 6.85. The molecule has 0 rings (SSSR count). The van der Waals surface area contributed by atoms with Gasteiger partial charge in [-0.3, -0.25) is 9.59 Å². The first-order valence-corrected chi connectivity index (χ1v) is 7.62. The first-order chi connectivity index (χ1) is 8.17. The fourth-order valence-corrected chi connectivity index (χ4v) is 1.93. The van der Waals surface area contributed by atoms with Crippen molar-refractivity contribution in [1.82, 2.24) is 10.2 Å². The maximum atomic E-state index is 11.7. The molecule has 0 saturated heterocycles. The summed E-state index contributed by atoms with van der Waals surface area (Å²) in [4.78, 5) is 24.1.